The molecule has 2 aromatic rings. The van der Waals surface area contributed by atoms with Crippen molar-refractivity contribution in [1.82, 2.24) is 4.98 Å². The van der Waals surface area contributed by atoms with E-state index in [0.717, 1.165) is 33.5 Å². The minimum absolute atomic E-state index is 0.290. The van der Waals surface area contributed by atoms with Crippen molar-refractivity contribution >= 4 is 16.8 Å². The largest absolute Gasteiger partial charge is 0.494 e. The monoisotopic (exact) mass is 258 g/mol. The molecule has 4 nitrogen and oxygen atoms in total. The van der Waals surface area contributed by atoms with Crippen LogP contribution in [-0.4, -0.2) is 18.0 Å². The average molecular weight is 258 g/mol. The summed E-state index contributed by atoms with van der Waals surface area (Å²) in [6.45, 7) is 4.01. The molecule has 0 saturated carbocycles. The molecule has 1 aromatic heterocycles. The molecule has 0 saturated heterocycles. The molecule has 1 amide bonds. The van der Waals surface area contributed by atoms with Gasteiger partial charge in [-0.25, -0.2) is 4.98 Å². The van der Waals surface area contributed by atoms with Gasteiger partial charge in [-0.3, -0.25) is 4.79 Å². The van der Waals surface area contributed by atoms with Gasteiger partial charge in [-0.2, -0.15) is 0 Å². The van der Waals surface area contributed by atoms with Crippen molar-refractivity contribution in [3.05, 3.63) is 35.0 Å². The van der Waals surface area contributed by atoms with Crippen molar-refractivity contribution in [3.8, 4) is 5.75 Å². The van der Waals surface area contributed by atoms with Gasteiger partial charge in [0, 0.05) is 17.5 Å². The van der Waals surface area contributed by atoms with E-state index >= 15 is 0 Å². The Bertz CT molecular complexity index is 636. The minimum Gasteiger partial charge on any atom is -0.494 e. The summed E-state index contributed by atoms with van der Waals surface area (Å²) in [5, 5.41) is 1.06. The van der Waals surface area contributed by atoms with E-state index in [1.807, 2.05) is 32.0 Å². The molecule has 0 radical (unpaired) electrons. The zero-order valence-corrected chi connectivity index (χ0v) is 11.5. The highest BCUT2D eigenvalue weighted by molar-refractivity contribution is 5.91. The van der Waals surface area contributed by atoms with Gasteiger partial charge in [0.1, 0.15) is 11.3 Å². The van der Waals surface area contributed by atoms with Crippen molar-refractivity contribution in [2.45, 2.75) is 26.7 Å². The number of benzene rings is 1. The first kappa shape index (κ1) is 13.3. The van der Waals surface area contributed by atoms with Gasteiger partial charge in [0.15, 0.2) is 0 Å². The van der Waals surface area contributed by atoms with Crippen molar-refractivity contribution < 1.29 is 9.53 Å². The van der Waals surface area contributed by atoms with Crippen LogP contribution in [0.2, 0.25) is 0 Å². The van der Waals surface area contributed by atoms with Crippen LogP contribution in [0.15, 0.2) is 18.2 Å². The number of primary amides is 1. The molecule has 0 spiro atoms. The molecule has 0 aliphatic rings. The average Bonchev–Trinajstić information content (AvgIpc) is 2.35. The molecule has 0 atom stereocenters. The lowest BCUT2D eigenvalue weighted by atomic mass is 9.99. The Hall–Kier alpha value is -2.10. The molecule has 2 N–H and O–H groups in total. The van der Waals surface area contributed by atoms with Crippen LogP contribution in [0.1, 0.15) is 23.2 Å². The summed E-state index contributed by atoms with van der Waals surface area (Å²) in [5.41, 5.74) is 9.25. The predicted molar refractivity (Wildman–Crippen MR) is 75.3 cm³/mol. The lowest BCUT2D eigenvalue weighted by Crippen LogP contribution is -2.11. The topological polar surface area (TPSA) is 65.2 Å². The van der Waals surface area contributed by atoms with Crippen LogP contribution in [0.5, 0.6) is 5.75 Å². The summed E-state index contributed by atoms with van der Waals surface area (Å²) in [6.07, 6.45) is 0.968. The number of nitrogens with two attached hydrogens (primary N) is 1. The number of amides is 1. The van der Waals surface area contributed by atoms with Gasteiger partial charge < -0.3 is 10.5 Å². The Morgan fingerprint density at radius 3 is 2.74 bits per heavy atom. The molecule has 100 valence electrons. The lowest BCUT2D eigenvalue weighted by molar-refractivity contribution is -0.117. The van der Waals surface area contributed by atoms with E-state index in [1.165, 1.54) is 0 Å². The SMILES string of the molecule is COc1ccc(CCC(N)=O)c2c(C)cc(C)nc12. The predicted octanol–water partition coefficient (Wildman–Crippen LogP) is 2.28. The summed E-state index contributed by atoms with van der Waals surface area (Å²) in [6, 6.07) is 5.91. The molecule has 19 heavy (non-hydrogen) atoms. The van der Waals surface area contributed by atoms with Gasteiger partial charge in [-0.05, 0) is 43.5 Å². The summed E-state index contributed by atoms with van der Waals surface area (Å²) in [4.78, 5) is 15.5. The quantitative estimate of drug-likeness (QED) is 0.915. The number of aromatic nitrogens is 1. The zero-order chi connectivity index (χ0) is 14.0. The smallest absolute Gasteiger partial charge is 0.217 e. The Balaban J connectivity index is 2.63. The lowest BCUT2D eigenvalue weighted by Gasteiger charge is -2.12. The fraction of sp³-hybridized carbons (Fsp3) is 0.333. The number of nitrogens with zero attached hydrogens (tertiary/aromatic N) is 1. The van der Waals surface area contributed by atoms with E-state index in [4.69, 9.17) is 10.5 Å². The van der Waals surface area contributed by atoms with Crippen LogP contribution >= 0.6 is 0 Å². The van der Waals surface area contributed by atoms with Crippen LogP contribution in [0.3, 0.4) is 0 Å². The normalized spacial score (nSPS) is 10.7. The second kappa shape index (κ2) is 5.26. The van der Waals surface area contributed by atoms with Crippen LogP contribution in [0.4, 0.5) is 0 Å². The van der Waals surface area contributed by atoms with E-state index in [1.54, 1.807) is 7.11 Å². The fourth-order valence-corrected chi connectivity index (χ4v) is 2.39. The number of pyridine rings is 1. The molecule has 0 unspecified atom stereocenters. The Kier molecular flexibility index (Phi) is 3.69. The number of rotatable bonds is 4. The van der Waals surface area contributed by atoms with Gasteiger partial charge in [-0.1, -0.05) is 6.07 Å². The van der Waals surface area contributed by atoms with Crippen molar-refractivity contribution in [2.24, 2.45) is 5.73 Å². The molecule has 0 aliphatic carbocycles. The first-order chi connectivity index (χ1) is 9.02. The highest BCUT2D eigenvalue weighted by atomic mass is 16.5. The molecular formula is C15H18N2O2. The van der Waals surface area contributed by atoms with Gasteiger partial charge in [0.05, 0.1) is 7.11 Å². The molecule has 1 heterocycles. The van der Waals surface area contributed by atoms with E-state index in [-0.39, 0.29) is 5.91 Å². The van der Waals surface area contributed by atoms with E-state index in [9.17, 15) is 4.79 Å². The Morgan fingerprint density at radius 1 is 1.37 bits per heavy atom. The number of carbonyl (C=O) groups excluding carboxylic acids is 1. The first-order valence-electron chi connectivity index (χ1n) is 6.25. The van der Waals surface area contributed by atoms with Crippen LogP contribution in [0, 0.1) is 13.8 Å². The maximum Gasteiger partial charge on any atom is 0.217 e. The highest BCUT2D eigenvalue weighted by Gasteiger charge is 2.11. The van der Waals surface area contributed by atoms with Gasteiger partial charge >= 0.3 is 0 Å². The third kappa shape index (κ3) is 2.67. The standard InChI is InChI=1S/C15H18N2O2/c1-9-8-10(2)17-15-12(19-3)6-4-11(14(9)15)5-7-13(16)18/h4,6,8H,5,7H2,1-3H3,(H2,16,18). The van der Waals surface area contributed by atoms with Crippen LogP contribution < -0.4 is 10.5 Å². The third-order valence-electron chi connectivity index (χ3n) is 3.20. The first-order valence-corrected chi connectivity index (χ1v) is 6.25. The van der Waals surface area contributed by atoms with Gasteiger partial charge in [0.2, 0.25) is 5.91 Å². The number of hydrogen-bond acceptors (Lipinski definition) is 3. The third-order valence-corrected chi connectivity index (χ3v) is 3.20. The number of methoxy groups -OCH3 is 1. The van der Waals surface area contributed by atoms with E-state index in [2.05, 4.69) is 4.98 Å². The Morgan fingerprint density at radius 2 is 2.11 bits per heavy atom. The van der Waals surface area contributed by atoms with Gasteiger partial charge in [-0.15, -0.1) is 0 Å². The summed E-state index contributed by atoms with van der Waals surface area (Å²) in [7, 11) is 1.64. The number of carbonyl (C=O) groups is 1. The highest BCUT2D eigenvalue weighted by Crippen LogP contribution is 2.30. The van der Waals surface area contributed by atoms with E-state index < -0.39 is 0 Å². The number of aryl methyl sites for hydroxylation is 3. The number of ether oxygens (including phenoxy) is 1. The molecule has 1 aromatic carbocycles. The van der Waals surface area contributed by atoms with Crippen LogP contribution in [-0.2, 0) is 11.2 Å². The number of fused-ring (bicyclic) bond motifs is 1. The second-order valence-electron chi connectivity index (χ2n) is 4.70. The maximum absolute atomic E-state index is 11.0. The molecule has 4 heteroatoms. The fourth-order valence-electron chi connectivity index (χ4n) is 2.39. The number of hydrogen-bond donors (Lipinski definition) is 1. The van der Waals surface area contributed by atoms with E-state index in [0.29, 0.717) is 12.8 Å². The van der Waals surface area contributed by atoms with Crippen molar-refractivity contribution in [1.29, 1.82) is 0 Å². The zero-order valence-electron chi connectivity index (χ0n) is 11.5. The van der Waals surface area contributed by atoms with Gasteiger partial charge in [0.25, 0.3) is 0 Å². The molecular weight excluding hydrogens is 240 g/mol. The molecule has 0 aliphatic heterocycles. The summed E-state index contributed by atoms with van der Waals surface area (Å²) in [5.74, 6) is 0.464. The minimum atomic E-state index is -0.290. The second-order valence-corrected chi connectivity index (χ2v) is 4.70. The molecule has 0 fully saturated rings. The van der Waals surface area contributed by atoms with Crippen molar-refractivity contribution in [2.75, 3.05) is 7.11 Å². The molecule has 2 rings (SSSR count). The summed E-state index contributed by atoms with van der Waals surface area (Å²) < 4.78 is 5.36. The maximum atomic E-state index is 11.0. The van der Waals surface area contributed by atoms with Crippen LogP contribution in [0.25, 0.3) is 10.9 Å². The van der Waals surface area contributed by atoms with Crippen molar-refractivity contribution in [3.63, 3.8) is 0 Å². The summed E-state index contributed by atoms with van der Waals surface area (Å²) >= 11 is 0. The molecule has 0 bridgehead atoms. The Labute approximate surface area is 112 Å².